The Morgan fingerprint density at radius 3 is 1.95 bits per heavy atom. The Morgan fingerprint density at radius 2 is 1.45 bits per heavy atom. The Morgan fingerprint density at radius 1 is 0.950 bits per heavy atom. The Labute approximate surface area is 117 Å². The molecule has 2 saturated heterocycles. The van der Waals surface area contributed by atoms with Gasteiger partial charge in [0, 0.05) is 19.6 Å². The lowest BCUT2D eigenvalue weighted by Gasteiger charge is -2.36. The molecular formula is C13H19N3O4. The predicted octanol–water partition coefficient (Wildman–Crippen LogP) is -1.48. The van der Waals surface area contributed by atoms with Gasteiger partial charge in [0.2, 0.25) is 11.8 Å². The van der Waals surface area contributed by atoms with Crippen LogP contribution >= 0.6 is 0 Å². The van der Waals surface area contributed by atoms with Crippen LogP contribution in [0.25, 0.3) is 0 Å². The molecule has 2 heterocycles. The number of imide groups is 1. The number of piperidine rings is 1. The molecule has 0 bridgehead atoms. The zero-order valence-electron chi connectivity index (χ0n) is 11.8. The van der Waals surface area contributed by atoms with Crippen molar-refractivity contribution in [2.75, 3.05) is 39.8 Å². The molecule has 1 atom stereocenters. The predicted molar refractivity (Wildman–Crippen MR) is 69.9 cm³/mol. The van der Waals surface area contributed by atoms with E-state index >= 15 is 0 Å². The summed E-state index contributed by atoms with van der Waals surface area (Å²) in [4.78, 5) is 50.8. The second kappa shape index (κ2) is 5.80. The van der Waals surface area contributed by atoms with E-state index in [2.05, 4.69) is 0 Å². The normalized spacial score (nSPS) is 24.4. The van der Waals surface area contributed by atoms with Gasteiger partial charge >= 0.3 is 0 Å². The number of hydrogen-bond acceptors (Lipinski definition) is 6. The second-order valence-corrected chi connectivity index (χ2v) is 5.52. The number of nitrogens with zero attached hydrogens (tertiary/aromatic N) is 3. The molecule has 110 valence electrons. The largest absolute Gasteiger partial charge is 0.298 e. The fraction of sp³-hybridized carbons (Fsp3) is 0.692. The molecule has 0 saturated carbocycles. The van der Waals surface area contributed by atoms with E-state index in [4.69, 9.17) is 0 Å². The Hall–Kier alpha value is -1.60. The van der Waals surface area contributed by atoms with E-state index in [0.29, 0.717) is 6.54 Å². The first-order valence-electron chi connectivity index (χ1n) is 6.66. The summed E-state index contributed by atoms with van der Waals surface area (Å²) in [6.45, 7) is 3.32. The van der Waals surface area contributed by atoms with E-state index in [1.165, 1.54) is 7.05 Å². The van der Waals surface area contributed by atoms with Crippen LogP contribution in [0.3, 0.4) is 0 Å². The molecule has 0 aromatic heterocycles. The van der Waals surface area contributed by atoms with Gasteiger partial charge in [0.1, 0.15) is 0 Å². The van der Waals surface area contributed by atoms with Gasteiger partial charge in [0.25, 0.3) is 0 Å². The maximum atomic E-state index is 11.6. The molecule has 0 aromatic carbocycles. The molecule has 2 amide bonds. The van der Waals surface area contributed by atoms with E-state index < -0.39 is 0 Å². The molecule has 2 rings (SSSR count). The first kappa shape index (κ1) is 14.8. The number of likely N-dealkylation sites (tertiary alicyclic amines) is 1. The Kier molecular flexibility index (Phi) is 4.29. The molecule has 0 aliphatic carbocycles. The van der Waals surface area contributed by atoms with Gasteiger partial charge in [-0.15, -0.1) is 0 Å². The van der Waals surface area contributed by atoms with Crippen LogP contribution in [-0.2, 0) is 19.2 Å². The average molecular weight is 281 g/mol. The molecule has 0 aromatic rings. The minimum absolute atomic E-state index is 0.0225. The summed E-state index contributed by atoms with van der Waals surface area (Å²) in [5.41, 5.74) is 0. The van der Waals surface area contributed by atoms with E-state index in [-0.39, 0.29) is 62.0 Å². The molecule has 7 heteroatoms. The number of Topliss-reactive ketones (excluding diaryl/α,β-unsaturated/α-hetero) is 2. The van der Waals surface area contributed by atoms with Crippen LogP contribution in [0.1, 0.15) is 13.3 Å². The lowest BCUT2D eigenvalue weighted by molar-refractivity contribution is -0.150. The third kappa shape index (κ3) is 3.29. The molecule has 7 nitrogen and oxygen atoms in total. The lowest BCUT2D eigenvalue weighted by Crippen LogP contribution is -2.56. The van der Waals surface area contributed by atoms with Crippen LogP contribution in [-0.4, -0.2) is 83.9 Å². The monoisotopic (exact) mass is 281 g/mol. The molecular weight excluding hydrogens is 262 g/mol. The van der Waals surface area contributed by atoms with Crippen molar-refractivity contribution < 1.29 is 19.2 Å². The van der Waals surface area contributed by atoms with E-state index in [0.717, 1.165) is 4.90 Å². The highest BCUT2D eigenvalue weighted by Crippen LogP contribution is 2.11. The third-order valence-corrected chi connectivity index (χ3v) is 3.76. The van der Waals surface area contributed by atoms with Crippen LogP contribution in [0, 0.1) is 0 Å². The summed E-state index contributed by atoms with van der Waals surface area (Å²) in [5.74, 6) is -0.587. The molecule has 0 N–H and O–H groups in total. The zero-order valence-corrected chi connectivity index (χ0v) is 11.8. The van der Waals surface area contributed by atoms with Crippen molar-refractivity contribution in [3.05, 3.63) is 0 Å². The number of piperazine rings is 1. The Bertz CT molecular complexity index is 429. The van der Waals surface area contributed by atoms with Gasteiger partial charge in [0.15, 0.2) is 11.6 Å². The number of hydrogen-bond donors (Lipinski definition) is 0. The van der Waals surface area contributed by atoms with Crippen LogP contribution < -0.4 is 0 Å². The van der Waals surface area contributed by atoms with Gasteiger partial charge in [-0.2, -0.15) is 0 Å². The highest BCUT2D eigenvalue weighted by molar-refractivity contribution is 6.03. The van der Waals surface area contributed by atoms with Crippen molar-refractivity contribution in [1.29, 1.82) is 0 Å². The van der Waals surface area contributed by atoms with Gasteiger partial charge < -0.3 is 0 Å². The van der Waals surface area contributed by atoms with Gasteiger partial charge in [-0.3, -0.25) is 33.9 Å². The number of carbonyl (C=O) groups is 4. The lowest BCUT2D eigenvalue weighted by atomic mass is 10.1. The standard InChI is InChI=1S/C13H19N3O4/c1-9(16-5-10(17)3-11(18)6-16)4-15-7-12(19)14(2)13(20)8-15/h9H,3-8H2,1-2H3/t9-/m0/s1. The summed E-state index contributed by atoms with van der Waals surface area (Å²) in [6.07, 6.45) is 0.0225. The summed E-state index contributed by atoms with van der Waals surface area (Å²) in [5, 5.41) is 0. The summed E-state index contributed by atoms with van der Waals surface area (Å²) in [7, 11) is 1.48. The first-order chi connectivity index (χ1) is 9.36. The van der Waals surface area contributed by atoms with E-state index in [9.17, 15) is 19.2 Å². The van der Waals surface area contributed by atoms with Gasteiger partial charge in [-0.05, 0) is 6.92 Å². The number of carbonyl (C=O) groups excluding carboxylic acids is 4. The number of rotatable bonds is 3. The molecule has 0 spiro atoms. The van der Waals surface area contributed by atoms with Gasteiger partial charge in [0.05, 0.1) is 32.6 Å². The molecule has 20 heavy (non-hydrogen) atoms. The molecule has 2 aliphatic rings. The minimum Gasteiger partial charge on any atom is -0.298 e. The topological polar surface area (TPSA) is 78.0 Å². The maximum Gasteiger partial charge on any atom is 0.243 e. The Balaban J connectivity index is 1.92. The van der Waals surface area contributed by atoms with Crippen molar-refractivity contribution in [1.82, 2.24) is 14.7 Å². The highest BCUT2D eigenvalue weighted by atomic mass is 16.2. The fourth-order valence-corrected chi connectivity index (χ4v) is 2.56. The number of likely N-dealkylation sites (N-methyl/N-ethyl adjacent to an activating group) is 1. The SMILES string of the molecule is C[C@@H](CN1CC(=O)N(C)C(=O)C1)N1CC(=O)CC(=O)C1. The van der Waals surface area contributed by atoms with Crippen molar-refractivity contribution in [3.8, 4) is 0 Å². The first-order valence-corrected chi connectivity index (χ1v) is 6.66. The highest BCUT2D eigenvalue weighted by Gasteiger charge is 2.32. The minimum atomic E-state index is -0.223. The molecule has 0 unspecified atom stereocenters. The van der Waals surface area contributed by atoms with Crippen molar-refractivity contribution >= 4 is 23.4 Å². The fourth-order valence-electron chi connectivity index (χ4n) is 2.56. The maximum absolute atomic E-state index is 11.6. The van der Waals surface area contributed by atoms with E-state index in [1.54, 1.807) is 9.80 Å². The van der Waals surface area contributed by atoms with Crippen LogP contribution in [0.15, 0.2) is 0 Å². The van der Waals surface area contributed by atoms with Crippen LogP contribution in [0.2, 0.25) is 0 Å². The average Bonchev–Trinajstić information content (AvgIpc) is 2.34. The molecule has 2 aliphatic heterocycles. The van der Waals surface area contributed by atoms with Crippen LogP contribution in [0.5, 0.6) is 0 Å². The van der Waals surface area contributed by atoms with Crippen molar-refractivity contribution in [3.63, 3.8) is 0 Å². The summed E-state index contributed by atoms with van der Waals surface area (Å²) >= 11 is 0. The van der Waals surface area contributed by atoms with Crippen LogP contribution in [0.4, 0.5) is 0 Å². The van der Waals surface area contributed by atoms with Gasteiger partial charge in [-0.1, -0.05) is 0 Å². The molecule has 0 radical (unpaired) electrons. The quantitative estimate of drug-likeness (QED) is 0.464. The summed E-state index contributed by atoms with van der Waals surface area (Å²) in [6, 6.07) is -0.0489. The number of amides is 2. The number of ketones is 2. The van der Waals surface area contributed by atoms with Crippen molar-refractivity contribution in [2.45, 2.75) is 19.4 Å². The molecule has 2 fully saturated rings. The smallest absolute Gasteiger partial charge is 0.243 e. The third-order valence-electron chi connectivity index (χ3n) is 3.76. The zero-order chi connectivity index (χ0) is 14.9. The van der Waals surface area contributed by atoms with Gasteiger partial charge in [-0.25, -0.2) is 0 Å². The van der Waals surface area contributed by atoms with E-state index in [1.807, 2.05) is 6.92 Å². The van der Waals surface area contributed by atoms with Crippen molar-refractivity contribution in [2.24, 2.45) is 0 Å². The second-order valence-electron chi connectivity index (χ2n) is 5.52. The summed E-state index contributed by atoms with van der Waals surface area (Å²) < 4.78 is 0.